The second kappa shape index (κ2) is 6.22. The molecule has 0 atom stereocenters. The molecule has 1 aromatic carbocycles. The second-order valence-electron chi connectivity index (χ2n) is 2.93. The van der Waals surface area contributed by atoms with Gasteiger partial charge < -0.3 is 0 Å². The number of hydrogen-bond donors (Lipinski definition) is 1. The van der Waals surface area contributed by atoms with Crippen LogP contribution in [0.3, 0.4) is 0 Å². The van der Waals surface area contributed by atoms with Crippen LogP contribution in [0.4, 0.5) is 15.8 Å². The molecule has 0 aliphatic carbocycles. The third-order valence-electron chi connectivity index (χ3n) is 1.83. The summed E-state index contributed by atoms with van der Waals surface area (Å²) in [7, 11) is 0. The van der Waals surface area contributed by atoms with E-state index >= 15 is 0 Å². The van der Waals surface area contributed by atoms with Crippen molar-refractivity contribution in [3.05, 3.63) is 30.9 Å². The number of nitrogens with zero attached hydrogens (tertiary/aromatic N) is 4. The van der Waals surface area contributed by atoms with E-state index in [0.29, 0.717) is 0 Å². The van der Waals surface area contributed by atoms with Gasteiger partial charge in [0.1, 0.15) is 12.1 Å². The van der Waals surface area contributed by atoms with Crippen molar-refractivity contribution in [3.8, 4) is 12.1 Å². The van der Waals surface area contributed by atoms with Crippen molar-refractivity contribution in [1.82, 2.24) is 0 Å². The molecular formula is C9H2Br2FN5O2. The Hall–Kier alpha value is -2.04. The molecule has 1 rings (SSSR count). The van der Waals surface area contributed by atoms with E-state index in [1.165, 1.54) is 12.1 Å². The third-order valence-corrected chi connectivity index (χ3v) is 3.15. The molecule has 0 spiro atoms. The Morgan fingerprint density at radius 3 is 2.53 bits per heavy atom. The number of benzene rings is 1. The van der Waals surface area contributed by atoms with Crippen LogP contribution in [0, 0.1) is 38.6 Å². The lowest BCUT2D eigenvalue weighted by Crippen LogP contribution is -2.02. The maximum absolute atomic E-state index is 13.6. The van der Waals surface area contributed by atoms with E-state index < -0.39 is 22.1 Å². The molecule has 1 N–H and O–H groups in total. The Kier molecular flexibility index (Phi) is 4.92. The zero-order valence-corrected chi connectivity index (χ0v) is 12.0. The first-order valence-electron chi connectivity index (χ1n) is 4.38. The molecule has 7 nitrogen and oxygen atoms in total. The molecule has 0 unspecified atom stereocenters. The number of hydrogen-bond acceptors (Lipinski definition) is 6. The van der Waals surface area contributed by atoms with E-state index in [1.807, 2.05) is 0 Å². The number of hydrazone groups is 1. The molecule has 0 heterocycles. The first-order valence-corrected chi connectivity index (χ1v) is 5.96. The minimum atomic E-state index is -0.779. The predicted molar refractivity (Wildman–Crippen MR) is 70.7 cm³/mol. The number of halogens is 3. The highest BCUT2D eigenvalue weighted by Crippen LogP contribution is 2.38. The van der Waals surface area contributed by atoms with E-state index in [2.05, 4.69) is 42.4 Å². The van der Waals surface area contributed by atoms with E-state index in [4.69, 9.17) is 10.5 Å². The number of nitriles is 2. The first-order chi connectivity index (χ1) is 8.92. The molecule has 0 radical (unpaired) electrons. The number of rotatable bonds is 3. The topological polar surface area (TPSA) is 115 Å². The van der Waals surface area contributed by atoms with Gasteiger partial charge in [0, 0.05) is 6.07 Å². The highest BCUT2D eigenvalue weighted by molar-refractivity contribution is 9.11. The Balaban J connectivity index is 3.39. The van der Waals surface area contributed by atoms with Crippen LogP contribution in [0.15, 0.2) is 20.1 Å². The fraction of sp³-hybridized carbons (Fsp3) is 0. The maximum Gasteiger partial charge on any atom is 0.296 e. The second-order valence-corrected chi connectivity index (χ2v) is 4.58. The normalized spacial score (nSPS) is 9.11. The van der Waals surface area contributed by atoms with Gasteiger partial charge in [0.2, 0.25) is 5.71 Å². The average Bonchev–Trinajstić information content (AvgIpc) is 2.38. The van der Waals surface area contributed by atoms with Crippen molar-refractivity contribution in [2.75, 3.05) is 5.43 Å². The van der Waals surface area contributed by atoms with Crippen LogP contribution < -0.4 is 5.43 Å². The van der Waals surface area contributed by atoms with Crippen LogP contribution in [0.25, 0.3) is 0 Å². The van der Waals surface area contributed by atoms with E-state index in [9.17, 15) is 14.5 Å². The van der Waals surface area contributed by atoms with Crippen LogP contribution in [0.5, 0.6) is 0 Å². The summed E-state index contributed by atoms with van der Waals surface area (Å²) in [5, 5.41) is 31.1. The number of anilines is 1. The van der Waals surface area contributed by atoms with Crippen molar-refractivity contribution < 1.29 is 9.31 Å². The van der Waals surface area contributed by atoms with Crippen LogP contribution in [-0.4, -0.2) is 10.6 Å². The minimum absolute atomic E-state index is 0.110. The van der Waals surface area contributed by atoms with Gasteiger partial charge in [0.25, 0.3) is 5.69 Å². The van der Waals surface area contributed by atoms with Crippen molar-refractivity contribution in [2.45, 2.75) is 0 Å². The summed E-state index contributed by atoms with van der Waals surface area (Å²) in [5.74, 6) is -0.779. The van der Waals surface area contributed by atoms with Crippen LogP contribution in [-0.2, 0) is 0 Å². The highest BCUT2D eigenvalue weighted by atomic mass is 79.9. The highest BCUT2D eigenvalue weighted by Gasteiger charge is 2.23. The summed E-state index contributed by atoms with van der Waals surface area (Å²) in [6.45, 7) is 0. The quantitative estimate of drug-likeness (QED) is 0.368. The largest absolute Gasteiger partial charge is 0.296 e. The summed E-state index contributed by atoms with van der Waals surface area (Å²) >= 11 is 5.67. The predicted octanol–water partition coefficient (Wildman–Crippen LogP) is 3.07. The molecule has 0 saturated carbocycles. The smallest absolute Gasteiger partial charge is 0.269 e. The average molecular weight is 391 g/mol. The number of nitro groups is 1. The summed E-state index contributed by atoms with van der Waals surface area (Å²) in [5.41, 5.74) is 0.805. The van der Waals surface area contributed by atoms with Gasteiger partial charge in [-0.25, -0.2) is 4.39 Å². The zero-order valence-electron chi connectivity index (χ0n) is 8.82. The summed E-state index contributed by atoms with van der Waals surface area (Å²) in [6, 6.07) is 3.85. The number of nitrogens with one attached hydrogen (secondary N) is 1. The zero-order chi connectivity index (χ0) is 14.6. The SMILES string of the molecule is N#CC(C#N)=NNc1c([N+](=O)[O-])cc(Br)c(F)c1Br. The van der Waals surface area contributed by atoms with Gasteiger partial charge in [-0.1, -0.05) is 0 Å². The monoisotopic (exact) mass is 389 g/mol. The van der Waals surface area contributed by atoms with Crippen molar-refractivity contribution in [1.29, 1.82) is 10.5 Å². The lowest BCUT2D eigenvalue weighted by molar-refractivity contribution is -0.384. The molecule has 1 aromatic rings. The van der Waals surface area contributed by atoms with Gasteiger partial charge >= 0.3 is 0 Å². The fourth-order valence-corrected chi connectivity index (χ4v) is 2.21. The van der Waals surface area contributed by atoms with E-state index in [-0.39, 0.29) is 14.6 Å². The van der Waals surface area contributed by atoms with Gasteiger partial charge in [0.15, 0.2) is 11.5 Å². The molecule has 0 saturated heterocycles. The molecule has 0 amide bonds. The van der Waals surface area contributed by atoms with Crippen LogP contribution >= 0.6 is 31.9 Å². The Morgan fingerprint density at radius 2 is 2.05 bits per heavy atom. The third kappa shape index (κ3) is 3.24. The standard InChI is InChI=1S/C9H2Br2FN5O2/c10-5-1-6(17(18)19)9(7(11)8(5)12)16-15-4(2-13)3-14/h1,16H. The van der Waals surface area contributed by atoms with Gasteiger partial charge in [-0.05, 0) is 31.9 Å². The lowest BCUT2D eigenvalue weighted by atomic mass is 10.2. The number of nitro benzene ring substituents is 1. The molecule has 0 bridgehead atoms. The van der Waals surface area contributed by atoms with Gasteiger partial charge in [0.05, 0.1) is 13.9 Å². The summed E-state index contributed by atoms with van der Waals surface area (Å²) < 4.78 is 13.2. The molecule has 96 valence electrons. The maximum atomic E-state index is 13.6. The molecular weight excluding hydrogens is 389 g/mol. The Labute approximate surface area is 122 Å². The van der Waals surface area contributed by atoms with Gasteiger partial charge in [-0.15, -0.1) is 0 Å². The minimum Gasteiger partial charge on any atom is -0.269 e. The van der Waals surface area contributed by atoms with Crippen LogP contribution in [0.2, 0.25) is 0 Å². The van der Waals surface area contributed by atoms with Crippen molar-refractivity contribution in [2.24, 2.45) is 5.10 Å². The van der Waals surface area contributed by atoms with Crippen molar-refractivity contribution >= 4 is 48.9 Å². The lowest BCUT2D eigenvalue weighted by Gasteiger charge is -2.06. The van der Waals surface area contributed by atoms with Gasteiger partial charge in [-0.2, -0.15) is 15.6 Å². The van der Waals surface area contributed by atoms with Crippen LogP contribution in [0.1, 0.15) is 0 Å². The molecule has 0 aromatic heterocycles. The van der Waals surface area contributed by atoms with Crippen molar-refractivity contribution in [3.63, 3.8) is 0 Å². The van der Waals surface area contributed by atoms with E-state index in [0.717, 1.165) is 6.07 Å². The molecule has 10 heteroatoms. The Morgan fingerprint density at radius 1 is 1.47 bits per heavy atom. The van der Waals surface area contributed by atoms with Gasteiger partial charge in [-0.3, -0.25) is 15.5 Å². The molecule has 0 aliphatic heterocycles. The summed E-state index contributed by atoms with van der Waals surface area (Å²) in [4.78, 5) is 10.1. The molecule has 19 heavy (non-hydrogen) atoms. The first kappa shape index (κ1) is 15.0. The summed E-state index contributed by atoms with van der Waals surface area (Å²) in [6.07, 6.45) is 0. The molecule has 0 fully saturated rings. The van der Waals surface area contributed by atoms with E-state index in [1.54, 1.807) is 0 Å². The molecule has 0 aliphatic rings. The fourth-order valence-electron chi connectivity index (χ4n) is 1.02. The Bertz CT molecular complexity index is 646.